The Morgan fingerprint density at radius 1 is 0.848 bits per heavy atom. The highest BCUT2D eigenvalue weighted by Crippen LogP contribution is 2.28. The second-order valence-electron chi connectivity index (χ2n) is 17.8. The summed E-state index contributed by atoms with van der Waals surface area (Å²) in [5, 5.41) is 28.9. The third-order valence-corrected chi connectivity index (χ3v) is 12.7. The molecule has 19 nitrogen and oxygen atoms in total. The molecule has 0 radical (unpaired) electrons. The molecule has 0 unspecified atom stereocenters. The number of amides is 7. The van der Waals surface area contributed by atoms with E-state index in [1.54, 1.807) is 18.3 Å². The number of hydrogen-bond donors (Lipinski definition) is 10. The lowest BCUT2D eigenvalue weighted by Crippen LogP contribution is -2.60. The highest BCUT2D eigenvalue weighted by Gasteiger charge is 2.43. The van der Waals surface area contributed by atoms with Crippen molar-refractivity contribution in [3.8, 4) is 0 Å². The van der Waals surface area contributed by atoms with Crippen LogP contribution < -0.4 is 43.4 Å². The number of guanidine groups is 1. The molecule has 1 aliphatic carbocycles. The van der Waals surface area contributed by atoms with Gasteiger partial charge < -0.3 is 58.4 Å². The van der Waals surface area contributed by atoms with Gasteiger partial charge in [-0.3, -0.25) is 38.6 Å². The lowest BCUT2D eigenvalue weighted by molar-refractivity contribution is -0.143. The SMILES string of the molecule is CC(=O)N[C@@H](Cc1ccccc1)C(=O)N[C@H]1CCCNC(=O)[C@H](CCCN=C(N)N)NC(=O)[C@H](Cc2c[nH]c3ccccc23)NC(=O)[C@@H](CC2CCCCC2)NC(=O)[C@@H]2C[C@@H](O)CN2C1=O. The fourth-order valence-electron chi connectivity index (χ4n) is 9.28. The van der Waals surface area contributed by atoms with Crippen LogP contribution in [0, 0.1) is 5.92 Å². The first-order chi connectivity index (χ1) is 31.7. The number of rotatable bonds is 13. The molecule has 12 N–H and O–H groups in total. The molecule has 3 heterocycles. The van der Waals surface area contributed by atoms with Crippen molar-refractivity contribution in [1.82, 2.24) is 41.8 Å². The van der Waals surface area contributed by atoms with Crippen LogP contribution in [0.1, 0.15) is 88.7 Å². The first-order valence-corrected chi connectivity index (χ1v) is 23.1. The number of aliphatic imine (C=N–C) groups is 1. The number of fused-ring (bicyclic) bond motifs is 2. The average Bonchev–Trinajstić information content (AvgIpc) is 3.90. The van der Waals surface area contributed by atoms with Crippen LogP contribution in [0.2, 0.25) is 0 Å². The summed E-state index contributed by atoms with van der Waals surface area (Å²) in [5.41, 5.74) is 13.4. The van der Waals surface area contributed by atoms with Crippen molar-refractivity contribution in [2.24, 2.45) is 22.4 Å². The number of aliphatic hydroxyl groups excluding tert-OH is 1. The summed E-state index contributed by atoms with van der Waals surface area (Å²) in [5.74, 6) is -4.22. The molecule has 0 bridgehead atoms. The van der Waals surface area contributed by atoms with E-state index in [1.807, 2.05) is 42.5 Å². The smallest absolute Gasteiger partial charge is 0.245 e. The first-order valence-electron chi connectivity index (χ1n) is 23.1. The van der Waals surface area contributed by atoms with Gasteiger partial charge in [0.2, 0.25) is 41.4 Å². The predicted molar refractivity (Wildman–Crippen MR) is 247 cm³/mol. The lowest BCUT2D eigenvalue weighted by Gasteiger charge is -2.32. The topological polar surface area (TPSA) is 295 Å². The van der Waals surface area contributed by atoms with Gasteiger partial charge >= 0.3 is 0 Å². The second kappa shape index (κ2) is 23.6. The number of hydrogen-bond acceptors (Lipinski definition) is 9. The zero-order valence-corrected chi connectivity index (χ0v) is 37.6. The number of carbonyl (C=O) groups is 7. The van der Waals surface area contributed by atoms with E-state index in [-0.39, 0.29) is 76.5 Å². The Kier molecular flexibility index (Phi) is 17.5. The van der Waals surface area contributed by atoms with Crippen molar-refractivity contribution in [3.05, 3.63) is 71.9 Å². The van der Waals surface area contributed by atoms with E-state index < -0.39 is 83.7 Å². The minimum atomic E-state index is -1.25. The molecule has 1 aromatic heterocycles. The minimum absolute atomic E-state index is 0.00909. The summed E-state index contributed by atoms with van der Waals surface area (Å²) >= 11 is 0. The molecule has 2 aliphatic heterocycles. The largest absolute Gasteiger partial charge is 0.391 e. The fraction of sp³-hybridized carbons (Fsp3) is 0.532. The number of aromatic amines is 1. The molecule has 7 atom stereocenters. The number of nitrogens with two attached hydrogens (primary N) is 2. The van der Waals surface area contributed by atoms with E-state index in [1.165, 1.54) is 11.8 Å². The molecule has 2 saturated heterocycles. The van der Waals surface area contributed by atoms with E-state index in [2.05, 4.69) is 41.9 Å². The van der Waals surface area contributed by atoms with Crippen molar-refractivity contribution in [2.45, 2.75) is 133 Å². The molecule has 66 heavy (non-hydrogen) atoms. The van der Waals surface area contributed by atoms with Crippen LogP contribution in [-0.2, 0) is 46.4 Å². The predicted octanol–water partition coefficient (Wildman–Crippen LogP) is 0.293. The fourth-order valence-corrected chi connectivity index (χ4v) is 9.28. The first kappa shape index (κ1) is 48.9. The van der Waals surface area contributed by atoms with Gasteiger partial charge in [0.05, 0.1) is 6.10 Å². The van der Waals surface area contributed by atoms with E-state index in [0.29, 0.717) is 6.42 Å². The van der Waals surface area contributed by atoms with Gasteiger partial charge in [0.25, 0.3) is 0 Å². The van der Waals surface area contributed by atoms with Crippen LogP contribution in [-0.4, -0.2) is 124 Å². The summed E-state index contributed by atoms with van der Waals surface area (Å²) < 4.78 is 0. The Balaban J connectivity index is 1.33. The van der Waals surface area contributed by atoms with Crippen LogP contribution >= 0.6 is 0 Å². The molecule has 3 aliphatic rings. The number of carbonyl (C=O) groups excluding carboxylic acids is 7. The van der Waals surface area contributed by atoms with Crippen molar-refractivity contribution in [3.63, 3.8) is 0 Å². The number of benzene rings is 2. The monoisotopic (exact) mass is 912 g/mol. The molecule has 3 aromatic rings. The summed E-state index contributed by atoms with van der Waals surface area (Å²) in [6.07, 6.45) is 6.26. The van der Waals surface area contributed by atoms with Crippen molar-refractivity contribution >= 4 is 58.2 Å². The highest BCUT2D eigenvalue weighted by molar-refractivity contribution is 5.98. The molecule has 2 aromatic carbocycles. The molecule has 3 fully saturated rings. The summed E-state index contributed by atoms with van der Waals surface area (Å²) in [6, 6.07) is 9.68. The summed E-state index contributed by atoms with van der Waals surface area (Å²) in [6.45, 7) is 1.27. The van der Waals surface area contributed by atoms with Crippen LogP contribution in [0.5, 0.6) is 0 Å². The Bertz CT molecular complexity index is 2210. The molecule has 1 saturated carbocycles. The number of H-pyrrole nitrogens is 1. The number of aliphatic hydroxyl groups is 1. The van der Waals surface area contributed by atoms with E-state index in [4.69, 9.17) is 11.5 Å². The second-order valence-corrected chi connectivity index (χ2v) is 17.8. The molecule has 19 heteroatoms. The van der Waals surface area contributed by atoms with Crippen LogP contribution in [0.15, 0.2) is 65.8 Å². The van der Waals surface area contributed by atoms with Gasteiger partial charge in [0.1, 0.15) is 36.3 Å². The van der Waals surface area contributed by atoms with Gasteiger partial charge in [-0.15, -0.1) is 0 Å². The third kappa shape index (κ3) is 13.8. The number of nitrogens with one attached hydrogen (secondary N) is 7. The summed E-state index contributed by atoms with van der Waals surface area (Å²) in [4.78, 5) is 107. The van der Waals surface area contributed by atoms with E-state index in [0.717, 1.165) is 54.1 Å². The van der Waals surface area contributed by atoms with Gasteiger partial charge in [0, 0.05) is 62.9 Å². The van der Waals surface area contributed by atoms with Gasteiger partial charge in [-0.25, -0.2) is 0 Å². The van der Waals surface area contributed by atoms with Crippen LogP contribution in [0.4, 0.5) is 0 Å². The van der Waals surface area contributed by atoms with E-state index >= 15 is 0 Å². The highest BCUT2D eigenvalue weighted by atomic mass is 16.3. The maximum atomic E-state index is 14.6. The molecule has 0 spiro atoms. The Hall–Kier alpha value is -6.50. The van der Waals surface area contributed by atoms with Crippen LogP contribution in [0.25, 0.3) is 10.9 Å². The minimum Gasteiger partial charge on any atom is -0.391 e. The molecule has 6 rings (SSSR count). The summed E-state index contributed by atoms with van der Waals surface area (Å²) in [7, 11) is 0. The number of aromatic nitrogens is 1. The molecule has 7 amide bonds. The molecule has 356 valence electrons. The molecular formula is C47H65N11O8. The lowest BCUT2D eigenvalue weighted by atomic mass is 9.84. The normalized spacial score (nSPS) is 24.4. The van der Waals surface area contributed by atoms with Gasteiger partial charge in [-0.1, -0.05) is 80.6 Å². The maximum Gasteiger partial charge on any atom is 0.245 e. The Morgan fingerprint density at radius 2 is 1.55 bits per heavy atom. The zero-order valence-electron chi connectivity index (χ0n) is 37.6. The van der Waals surface area contributed by atoms with Gasteiger partial charge in [-0.2, -0.15) is 0 Å². The van der Waals surface area contributed by atoms with Crippen molar-refractivity contribution < 1.29 is 38.7 Å². The maximum absolute atomic E-state index is 14.6. The third-order valence-electron chi connectivity index (χ3n) is 12.7. The quantitative estimate of drug-likeness (QED) is 0.0636. The number of para-hydroxylation sites is 1. The van der Waals surface area contributed by atoms with Gasteiger partial charge in [0.15, 0.2) is 5.96 Å². The number of nitrogens with zero attached hydrogens (tertiary/aromatic N) is 2. The van der Waals surface area contributed by atoms with Crippen LogP contribution in [0.3, 0.4) is 0 Å². The van der Waals surface area contributed by atoms with Gasteiger partial charge in [-0.05, 0) is 55.2 Å². The zero-order chi connectivity index (χ0) is 47.2. The average molecular weight is 912 g/mol. The van der Waals surface area contributed by atoms with Crippen molar-refractivity contribution in [2.75, 3.05) is 19.6 Å². The molecular weight excluding hydrogens is 847 g/mol. The van der Waals surface area contributed by atoms with Crippen molar-refractivity contribution in [1.29, 1.82) is 0 Å². The standard InChI is InChI=1S/C47H65N11O8/c1-28(59)53-37(22-29-12-4-2-5-13-29)42(62)55-36-19-11-20-50-41(61)35(18-10-21-51-47(48)49)54-44(64)39(24-31-26-52-34-17-9-8-16-33(31)34)56-43(63)38(23-30-14-6-3-7-15-30)57-45(65)40-25-32(60)27-58(40)46(36)66/h2,4-5,8-9,12-13,16-17,26,30,32,35-40,52,60H,3,6-7,10-11,14-15,18-25,27H2,1H3,(H,50,61)(H,53,59)(H,54,64)(H,55,62)(H,56,63)(H,57,65)(H4,48,49,51)/t32-,35+,36+,37+,38-,39+,40+/m1/s1. The van der Waals surface area contributed by atoms with E-state index in [9.17, 15) is 38.7 Å². The Labute approximate surface area is 384 Å². The Morgan fingerprint density at radius 3 is 2.29 bits per heavy atom.